The largest absolute Gasteiger partial charge is 0.468 e. The molecule has 0 N–H and O–H groups in total. The quantitative estimate of drug-likeness (QED) is 0.549. The van der Waals surface area contributed by atoms with Gasteiger partial charge in [0.05, 0.1) is 14.2 Å². The van der Waals surface area contributed by atoms with E-state index in [2.05, 4.69) is 0 Å². The Morgan fingerprint density at radius 1 is 0.905 bits per heavy atom. The Bertz CT molecular complexity index is 504. The van der Waals surface area contributed by atoms with Crippen molar-refractivity contribution < 1.29 is 28.7 Å². The zero-order chi connectivity index (χ0) is 15.4. The molecule has 0 aliphatic heterocycles. The van der Waals surface area contributed by atoms with Gasteiger partial charge in [-0.1, -0.05) is 0 Å². The number of hydrogen-bond acceptors (Lipinski definition) is 6. The summed E-state index contributed by atoms with van der Waals surface area (Å²) in [5.74, 6) is -2.44. The number of rotatable bonds is 2. The summed E-state index contributed by atoms with van der Waals surface area (Å²) in [6.07, 6.45) is 1.35. The van der Waals surface area contributed by atoms with Crippen molar-refractivity contribution in [2.45, 2.75) is 32.1 Å². The van der Waals surface area contributed by atoms with Crippen LogP contribution in [0.15, 0.2) is 0 Å². The first-order valence-corrected chi connectivity index (χ1v) is 7.17. The molecule has 0 heterocycles. The SMILES string of the molecule is COC(=O)[C@]12C[C@@H]3CC[C@H](C[C@@](C(=O)OC)(C1)C3=O)C2=O. The Hall–Kier alpha value is -1.72. The lowest BCUT2D eigenvalue weighted by Gasteiger charge is -2.49. The van der Waals surface area contributed by atoms with Crippen molar-refractivity contribution >= 4 is 23.5 Å². The summed E-state index contributed by atoms with van der Waals surface area (Å²) in [6, 6.07) is 0. The summed E-state index contributed by atoms with van der Waals surface area (Å²) in [4.78, 5) is 50.0. The van der Waals surface area contributed by atoms with Crippen LogP contribution in [0.25, 0.3) is 0 Å². The number of methoxy groups -OCH3 is 2. The van der Waals surface area contributed by atoms with Crippen molar-refractivity contribution in [1.29, 1.82) is 0 Å². The van der Waals surface area contributed by atoms with Gasteiger partial charge in [0, 0.05) is 11.8 Å². The van der Waals surface area contributed by atoms with Crippen LogP contribution in [0.3, 0.4) is 0 Å². The monoisotopic (exact) mass is 294 g/mol. The minimum Gasteiger partial charge on any atom is -0.468 e. The molecular formula is C15H18O6. The molecule has 0 radical (unpaired) electrons. The van der Waals surface area contributed by atoms with Crippen LogP contribution in [-0.2, 0) is 28.7 Å². The summed E-state index contributed by atoms with van der Waals surface area (Å²) >= 11 is 0. The molecule has 4 aliphatic carbocycles. The average Bonchev–Trinajstić information content (AvgIpc) is 2.66. The van der Waals surface area contributed by atoms with Gasteiger partial charge < -0.3 is 9.47 Å². The van der Waals surface area contributed by atoms with Gasteiger partial charge in [0.15, 0.2) is 11.6 Å². The van der Waals surface area contributed by atoms with E-state index < -0.39 is 34.6 Å². The number of ether oxygens (including phenoxy) is 2. The van der Waals surface area contributed by atoms with Crippen LogP contribution < -0.4 is 0 Å². The molecule has 0 amide bonds. The molecule has 4 bridgehead atoms. The molecule has 0 aromatic heterocycles. The third-order valence-corrected chi connectivity index (χ3v) is 5.49. The predicted octanol–water partition coefficient (Wildman–Crippen LogP) is 0.667. The zero-order valence-electron chi connectivity index (χ0n) is 12.1. The van der Waals surface area contributed by atoms with Gasteiger partial charge in [0.1, 0.15) is 10.8 Å². The number of fused-ring (bicyclic) bond motifs is 1. The summed E-state index contributed by atoms with van der Waals surface area (Å²) in [7, 11) is 2.47. The summed E-state index contributed by atoms with van der Waals surface area (Å²) in [5.41, 5.74) is -2.69. The van der Waals surface area contributed by atoms with Crippen molar-refractivity contribution in [2.24, 2.45) is 22.7 Å². The standard InChI is InChI=1S/C15H18O6/c1-20-12(18)14-5-8-3-4-9(10(14)16)6-15(7-14,11(8)17)13(19)21-2/h8-9H,3-7H2,1-2H3/t8-,9+,14-,15-/m1/s1. The Morgan fingerprint density at radius 2 is 1.29 bits per heavy atom. The fraction of sp³-hybridized carbons (Fsp3) is 0.733. The molecule has 0 unspecified atom stereocenters. The maximum absolute atomic E-state index is 12.7. The van der Waals surface area contributed by atoms with Crippen LogP contribution in [0.5, 0.6) is 0 Å². The molecule has 6 heteroatoms. The fourth-order valence-electron chi connectivity index (χ4n) is 4.61. The number of carbonyl (C=O) groups is 4. The van der Waals surface area contributed by atoms with Crippen molar-refractivity contribution in [2.75, 3.05) is 14.2 Å². The number of ketones is 2. The molecule has 6 nitrogen and oxygen atoms in total. The van der Waals surface area contributed by atoms with E-state index >= 15 is 0 Å². The van der Waals surface area contributed by atoms with E-state index in [4.69, 9.17) is 9.47 Å². The van der Waals surface area contributed by atoms with E-state index in [1.165, 1.54) is 14.2 Å². The predicted molar refractivity (Wildman–Crippen MR) is 69.0 cm³/mol. The Kier molecular flexibility index (Phi) is 2.97. The molecule has 0 spiro atoms. The Labute approximate surface area is 122 Å². The first-order chi connectivity index (χ1) is 9.91. The van der Waals surface area contributed by atoms with Crippen LogP contribution in [-0.4, -0.2) is 37.7 Å². The van der Waals surface area contributed by atoms with Gasteiger partial charge in [0.25, 0.3) is 0 Å². The third-order valence-electron chi connectivity index (χ3n) is 5.49. The highest BCUT2D eigenvalue weighted by atomic mass is 16.5. The highest BCUT2D eigenvalue weighted by Crippen LogP contribution is 2.60. The maximum atomic E-state index is 12.7. The highest BCUT2D eigenvalue weighted by molar-refractivity contribution is 6.14. The first kappa shape index (κ1) is 14.2. The fourth-order valence-corrected chi connectivity index (χ4v) is 4.61. The van der Waals surface area contributed by atoms with Crippen molar-refractivity contribution in [1.82, 2.24) is 0 Å². The minimum atomic E-state index is -1.35. The van der Waals surface area contributed by atoms with Gasteiger partial charge in [-0.15, -0.1) is 0 Å². The lowest BCUT2D eigenvalue weighted by molar-refractivity contribution is -0.182. The molecule has 0 saturated heterocycles. The van der Waals surface area contributed by atoms with E-state index in [0.717, 1.165) is 0 Å². The maximum Gasteiger partial charge on any atom is 0.319 e. The summed E-state index contributed by atoms with van der Waals surface area (Å²) in [6.45, 7) is 0. The van der Waals surface area contributed by atoms with Crippen LogP contribution in [0.1, 0.15) is 32.1 Å². The molecule has 114 valence electrons. The van der Waals surface area contributed by atoms with Crippen molar-refractivity contribution in [3.05, 3.63) is 0 Å². The van der Waals surface area contributed by atoms with E-state index in [0.29, 0.717) is 12.8 Å². The molecule has 0 aromatic rings. The molecule has 4 saturated carbocycles. The Morgan fingerprint density at radius 3 is 1.62 bits per heavy atom. The van der Waals surface area contributed by atoms with Crippen LogP contribution >= 0.6 is 0 Å². The van der Waals surface area contributed by atoms with Gasteiger partial charge in [0.2, 0.25) is 0 Å². The zero-order valence-corrected chi connectivity index (χ0v) is 12.1. The van der Waals surface area contributed by atoms with Gasteiger partial charge in [-0.2, -0.15) is 0 Å². The lowest BCUT2D eigenvalue weighted by atomic mass is 9.50. The van der Waals surface area contributed by atoms with Gasteiger partial charge in [-0.05, 0) is 32.1 Å². The van der Waals surface area contributed by atoms with Crippen molar-refractivity contribution in [3.8, 4) is 0 Å². The van der Waals surface area contributed by atoms with E-state index in [1.807, 2.05) is 0 Å². The summed E-state index contributed by atoms with van der Waals surface area (Å²) < 4.78 is 9.66. The second kappa shape index (κ2) is 4.39. The number of Topliss-reactive ketones (excluding diaryl/α,β-unsaturated/α-hetero) is 2. The molecular weight excluding hydrogens is 276 g/mol. The van der Waals surface area contributed by atoms with Crippen molar-refractivity contribution in [3.63, 3.8) is 0 Å². The van der Waals surface area contributed by atoms with Crippen LogP contribution in [0, 0.1) is 22.7 Å². The summed E-state index contributed by atoms with van der Waals surface area (Å²) in [5, 5.41) is 0. The van der Waals surface area contributed by atoms with E-state index in [1.54, 1.807) is 0 Å². The minimum absolute atomic E-state index is 0.0932. The number of carbonyl (C=O) groups excluding carboxylic acids is 4. The second-order valence-corrected chi connectivity index (χ2v) is 6.43. The topological polar surface area (TPSA) is 86.7 Å². The normalized spacial score (nSPS) is 40.9. The molecule has 4 fully saturated rings. The smallest absolute Gasteiger partial charge is 0.319 e. The Balaban J connectivity index is 2.18. The molecule has 4 aliphatic rings. The van der Waals surface area contributed by atoms with Gasteiger partial charge in [-0.25, -0.2) is 0 Å². The number of esters is 2. The average molecular weight is 294 g/mol. The molecule has 4 rings (SSSR count). The highest BCUT2D eigenvalue weighted by Gasteiger charge is 2.70. The third kappa shape index (κ3) is 1.59. The lowest BCUT2D eigenvalue weighted by Crippen LogP contribution is -2.61. The van der Waals surface area contributed by atoms with Crippen LogP contribution in [0.2, 0.25) is 0 Å². The van der Waals surface area contributed by atoms with Crippen LogP contribution in [0.4, 0.5) is 0 Å². The molecule has 4 atom stereocenters. The first-order valence-electron chi connectivity index (χ1n) is 7.17. The van der Waals surface area contributed by atoms with Gasteiger partial charge >= 0.3 is 11.9 Å². The van der Waals surface area contributed by atoms with E-state index in [9.17, 15) is 19.2 Å². The second-order valence-electron chi connectivity index (χ2n) is 6.43. The van der Waals surface area contributed by atoms with E-state index in [-0.39, 0.29) is 30.8 Å². The number of hydrogen-bond donors (Lipinski definition) is 0. The molecule has 21 heavy (non-hydrogen) atoms. The van der Waals surface area contributed by atoms with Gasteiger partial charge in [-0.3, -0.25) is 19.2 Å². The molecule has 0 aromatic carbocycles.